The van der Waals surface area contributed by atoms with Crippen LogP contribution >= 0.6 is 11.3 Å². The number of H-pyrrole nitrogens is 1. The van der Waals surface area contributed by atoms with Gasteiger partial charge in [-0.2, -0.15) is 18.7 Å². The molecule has 8 N–H and O–H groups in total. The average molecular weight is 677 g/mol. The number of rotatable bonds is 14. The molecule has 3 aromatic heterocycles. The lowest BCUT2D eigenvalue weighted by Crippen LogP contribution is -2.76. The van der Waals surface area contributed by atoms with Crippen LogP contribution in [0.5, 0.6) is 5.75 Å². The number of nitrogens with zero attached hydrogens (tertiary/aromatic N) is 7. The number of carbonyl (C=O) groups excluding carboxylic acids is 2. The average Bonchev–Trinajstić information content (AvgIpc) is 3.71. The summed E-state index contributed by atoms with van der Waals surface area (Å²) in [6.07, 6.45) is 0.563. The minimum absolute atomic E-state index is 0.0191. The van der Waals surface area contributed by atoms with E-state index in [1.807, 2.05) is 12.1 Å². The molecule has 0 saturated carbocycles. The summed E-state index contributed by atoms with van der Waals surface area (Å²) in [6.45, 7) is 3.63. The number of aromatic amines is 1. The van der Waals surface area contributed by atoms with E-state index in [1.165, 1.54) is 19.2 Å². The number of aromatic nitrogens is 6. The first kappa shape index (κ1) is 32.4. The van der Waals surface area contributed by atoms with Crippen molar-refractivity contribution in [3.63, 3.8) is 0 Å². The third kappa shape index (κ3) is 7.10. The van der Waals surface area contributed by atoms with Gasteiger partial charge in [0, 0.05) is 30.1 Å². The van der Waals surface area contributed by atoms with Crippen LogP contribution in [0.4, 0.5) is 10.9 Å². The number of pyridine rings is 1. The Bertz CT molecular complexity index is 1870. The van der Waals surface area contributed by atoms with Crippen LogP contribution in [0.1, 0.15) is 31.5 Å². The predicted octanol–water partition coefficient (Wildman–Crippen LogP) is -0.462. The van der Waals surface area contributed by atoms with E-state index in [4.69, 9.17) is 25.6 Å². The Labute approximate surface area is 264 Å². The maximum absolute atomic E-state index is 13.4. The van der Waals surface area contributed by atoms with Gasteiger partial charge in [0.1, 0.15) is 29.9 Å². The number of anilines is 2. The van der Waals surface area contributed by atoms with Crippen molar-refractivity contribution in [1.82, 2.24) is 41.0 Å². The summed E-state index contributed by atoms with van der Waals surface area (Å²) in [5, 5.41) is 27.1. The molecule has 1 fully saturated rings. The molecule has 5 rings (SSSR count). The number of β-lactam (4-membered cyclic amide) rings is 1. The van der Waals surface area contributed by atoms with Crippen molar-refractivity contribution < 1.29 is 36.4 Å². The summed E-state index contributed by atoms with van der Waals surface area (Å²) in [4.78, 5) is 40.1. The second-order valence-corrected chi connectivity index (χ2v) is 12.0. The van der Waals surface area contributed by atoms with Crippen LogP contribution in [0, 0.1) is 0 Å². The van der Waals surface area contributed by atoms with Crippen molar-refractivity contribution in [2.24, 2.45) is 10.9 Å². The molecule has 0 bridgehead atoms. The maximum Gasteiger partial charge on any atom is 0.418 e. The highest BCUT2D eigenvalue weighted by Crippen LogP contribution is 2.33. The molecule has 0 aliphatic carbocycles. The fourth-order valence-electron chi connectivity index (χ4n) is 4.34. The maximum atomic E-state index is 13.4. The number of nitrogen functional groups attached to an aromatic ring is 1. The van der Waals surface area contributed by atoms with Crippen molar-refractivity contribution >= 4 is 61.0 Å². The van der Waals surface area contributed by atoms with Crippen molar-refractivity contribution in [1.29, 1.82) is 0 Å². The Hall–Kier alpha value is -5.03. The highest BCUT2D eigenvalue weighted by Gasteiger charge is 2.58. The number of hydroxylamine groups is 2. The van der Waals surface area contributed by atoms with Gasteiger partial charge in [-0.25, -0.2) is 9.97 Å². The van der Waals surface area contributed by atoms with Gasteiger partial charge in [-0.15, -0.1) is 25.8 Å². The fraction of sp³-hybridized carbons (Fsp3) is 0.333. The van der Waals surface area contributed by atoms with Crippen molar-refractivity contribution in [2.45, 2.75) is 31.5 Å². The van der Waals surface area contributed by atoms with Gasteiger partial charge in [-0.05, 0) is 43.5 Å². The number of tetrazole rings is 1. The number of fused-ring (bicyclic) bond motifs is 1. The molecule has 20 nitrogen and oxygen atoms in total. The summed E-state index contributed by atoms with van der Waals surface area (Å²) in [6, 6.07) is 5.91. The highest BCUT2D eigenvalue weighted by molar-refractivity contribution is 7.80. The number of thiazole rings is 1. The predicted molar refractivity (Wildman–Crippen MR) is 161 cm³/mol. The minimum Gasteiger partial charge on any atom is -0.489 e. The van der Waals surface area contributed by atoms with E-state index < -0.39 is 39.9 Å². The van der Waals surface area contributed by atoms with E-state index in [0.717, 1.165) is 22.1 Å². The zero-order valence-corrected chi connectivity index (χ0v) is 25.8. The second kappa shape index (κ2) is 13.1. The van der Waals surface area contributed by atoms with Crippen LogP contribution in [0.15, 0.2) is 41.0 Å². The minimum atomic E-state index is -4.99. The molecule has 0 spiro atoms. The molecule has 4 aromatic rings. The van der Waals surface area contributed by atoms with Gasteiger partial charge >= 0.3 is 10.4 Å². The molecule has 1 saturated heterocycles. The Kier molecular flexibility index (Phi) is 9.24. The number of oxime groups is 1. The van der Waals surface area contributed by atoms with Crippen LogP contribution < -0.4 is 26.8 Å². The molecule has 244 valence electrons. The molecule has 4 heterocycles. The van der Waals surface area contributed by atoms with Crippen LogP contribution in [-0.4, -0.2) is 97.4 Å². The van der Waals surface area contributed by atoms with Gasteiger partial charge in [0.15, 0.2) is 10.8 Å². The summed E-state index contributed by atoms with van der Waals surface area (Å²) in [7, 11) is -4.99. The fourth-order valence-corrected chi connectivity index (χ4v) is 5.35. The Morgan fingerprint density at radius 1 is 1.33 bits per heavy atom. The molecule has 0 radical (unpaired) electrons. The lowest BCUT2D eigenvalue weighted by Gasteiger charge is -2.50. The van der Waals surface area contributed by atoms with Crippen molar-refractivity contribution in [3.05, 3.63) is 47.4 Å². The number of amides is 2. The highest BCUT2D eigenvalue weighted by atomic mass is 32.3. The first-order valence-corrected chi connectivity index (χ1v) is 15.6. The number of nitrogens with two attached hydrogens (primary N) is 2. The number of hydrogen-bond acceptors (Lipinski definition) is 17. The number of hydrogen-bond donors (Lipinski definition) is 6. The van der Waals surface area contributed by atoms with E-state index in [0.29, 0.717) is 29.7 Å². The molecule has 46 heavy (non-hydrogen) atoms. The molecular formula is C24H28N12O8S2. The number of ether oxygens (including phenoxy) is 1. The van der Waals surface area contributed by atoms with Crippen LogP contribution in [-0.2, 0) is 29.1 Å². The molecular weight excluding hydrogens is 648 g/mol. The van der Waals surface area contributed by atoms with E-state index in [1.54, 1.807) is 18.3 Å². The first-order chi connectivity index (χ1) is 21.9. The third-order valence-corrected chi connectivity index (χ3v) is 7.61. The van der Waals surface area contributed by atoms with Crippen LogP contribution in [0.25, 0.3) is 10.8 Å². The number of nitrogens with one attached hydrogen (secondary N) is 3. The summed E-state index contributed by atoms with van der Waals surface area (Å²) >= 11 is 1.02. The molecule has 1 aliphatic heterocycles. The van der Waals surface area contributed by atoms with Crippen LogP contribution in [0.3, 0.4) is 0 Å². The number of carbonyl (C=O) groups is 2. The normalized spacial score (nSPS) is 17.0. The summed E-state index contributed by atoms with van der Waals surface area (Å²) < 4.78 is 41.6. The third-order valence-electron chi connectivity index (χ3n) is 6.60. The van der Waals surface area contributed by atoms with E-state index in [-0.39, 0.29) is 29.0 Å². The Morgan fingerprint density at radius 3 is 2.78 bits per heavy atom. The summed E-state index contributed by atoms with van der Waals surface area (Å²) in [5.74, 6) is -0.667. The smallest absolute Gasteiger partial charge is 0.418 e. The second-order valence-electron chi connectivity index (χ2n) is 10.1. The van der Waals surface area contributed by atoms with E-state index in [9.17, 15) is 18.0 Å². The first-order valence-electron chi connectivity index (χ1n) is 13.3. The van der Waals surface area contributed by atoms with Gasteiger partial charge in [0.25, 0.3) is 11.8 Å². The SMILES string of the molecule is CC1(C)C(NC(=O)C(=NOC(COc2ccc3c(NCCN)nccc3c2)c2nn[nH]n2)c2csc(N)n2)C(=O)N1OS(=O)(=O)O. The lowest BCUT2D eigenvalue weighted by molar-refractivity contribution is -0.218. The molecule has 2 unspecified atom stereocenters. The Balaban J connectivity index is 1.35. The van der Waals surface area contributed by atoms with Gasteiger partial charge in [-0.3, -0.25) is 14.1 Å². The molecule has 2 amide bonds. The monoisotopic (exact) mass is 676 g/mol. The molecule has 1 aliphatic rings. The zero-order valence-electron chi connectivity index (χ0n) is 24.1. The molecule has 2 atom stereocenters. The Morgan fingerprint density at radius 2 is 2.13 bits per heavy atom. The largest absolute Gasteiger partial charge is 0.489 e. The van der Waals surface area contributed by atoms with E-state index in [2.05, 4.69) is 50.7 Å². The van der Waals surface area contributed by atoms with Crippen LogP contribution in [0.2, 0.25) is 0 Å². The van der Waals surface area contributed by atoms with E-state index >= 15 is 0 Å². The molecule has 22 heteroatoms. The molecule has 1 aromatic carbocycles. The lowest BCUT2D eigenvalue weighted by atomic mass is 9.84. The van der Waals surface area contributed by atoms with Crippen molar-refractivity contribution in [2.75, 3.05) is 30.7 Å². The zero-order chi connectivity index (χ0) is 33.1. The quantitative estimate of drug-likeness (QED) is 0.0426. The van der Waals surface area contributed by atoms with Gasteiger partial charge in [-0.1, -0.05) is 10.4 Å². The topological polar surface area (TPSA) is 288 Å². The van der Waals surface area contributed by atoms with Gasteiger partial charge in [0.05, 0.1) is 5.54 Å². The standard InChI is InChI=1S/C24H28N12O8S2/c1-24(2)18(22(38)36(24)44-46(39,40)41)30-21(37)17(15-11-45-23(26)29-15)33-43-16(20-31-34-35-32-20)10-42-13-3-4-14-12(9-13)5-7-27-19(14)28-8-6-25/h3-5,7,9,11,16,18H,6,8,10,25H2,1-2H3,(H2,26,29)(H,27,28)(H,30,37)(H,39,40,41)(H,31,32,34,35). The van der Waals surface area contributed by atoms with Gasteiger partial charge < -0.3 is 31.7 Å². The number of benzene rings is 1. The van der Waals surface area contributed by atoms with Crippen molar-refractivity contribution in [3.8, 4) is 5.75 Å². The van der Waals surface area contributed by atoms with Gasteiger partial charge in [0.2, 0.25) is 11.9 Å². The summed E-state index contributed by atoms with van der Waals surface area (Å²) in [5.41, 5.74) is 9.62.